The summed E-state index contributed by atoms with van der Waals surface area (Å²) >= 11 is 12.9. The summed E-state index contributed by atoms with van der Waals surface area (Å²) in [7, 11) is 0. The fourth-order valence-electron chi connectivity index (χ4n) is 14.8. The number of fused-ring (bicyclic) bond motifs is 3. The number of carbonyl (C=O) groups excluding carboxylic acids is 14. The van der Waals surface area contributed by atoms with E-state index in [0.717, 1.165) is 23.4 Å². The van der Waals surface area contributed by atoms with Crippen molar-refractivity contribution < 1.29 is 102 Å². The Bertz CT molecular complexity index is 5180. The number of carbonyl (C=O) groups is 16. The van der Waals surface area contributed by atoms with Crippen LogP contribution < -0.4 is 74.9 Å². The van der Waals surface area contributed by atoms with Crippen LogP contribution in [0.4, 0.5) is 0 Å². The largest absolute Gasteiger partial charge is 0.508 e. The third kappa shape index (κ3) is 31.0. The predicted molar refractivity (Wildman–Crippen MR) is 506 cm³/mol. The van der Waals surface area contributed by atoms with Crippen molar-refractivity contribution in [1.29, 1.82) is 0 Å². The number of hydrogen-bond donors (Lipinski definition) is 24. The predicted octanol–water partition coefficient (Wildman–Crippen LogP) is -0.154. The fraction of sp³-hybridized carbons (Fsp3) is 0.477. The number of nitrogens with one attached hydrogen (secondary N) is 16. The summed E-state index contributed by atoms with van der Waals surface area (Å²) in [4.78, 5) is 237. The van der Waals surface area contributed by atoms with E-state index in [1.54, 1.807) is 93.5 Å². The number of phenolic OH excluding ortho intramolecular Hbond substituents is 1. The number of nitrogens with zero attached hydrogens (tertiary/aromatic N) is 1. The SMILES string of the molecule is CSCC[C@H](NC(=O)[C@H](CCSC)NC(=O)[C@@H](N)Cc1c[nH]c2ccccc12)C(=O)N[C@@H](CS)C(=O)N1CCC[C@H]1C(=O)N[C@@H](CCSC)C(=O)N[C@@H](CO)C(=O)N[C@@H](CCC(=O)O)C(=O)N[C@@H](Cc1c[nH]c2ccccc12)C(=O)N[C@@H](CC(C)C)C(=O)N[C@@H](Cc1ccc(O)cc1)C(=O)N[C@@H](CS)C(=O)N[C@@H](Cc1c[nH]c2ccccc12)C(=O)N[C@@H](CO)C(=O)N[C@@H](C)C(=O)O. The van der Waals surface area contributed by atoms with Gasteiger partial charge in [-0.3, -0.25) is 76.7 Å². The lowest BCUT2D eigenvalue weighted by Crippen LogP contribution is -2.62. The first-order chi connectivity index (χ1) is 63.1. The van der Waals surface area contributed by atoms with Gasteiger partial charge in [-0.25, -0.2) is 0 Å². The number of rotatable bonds is 54. The van der Waals surface area contributed by atoms with Gasteiger partial charge in [0.15, 0.2) is 0 Å². The monoisotopic (exact) mass is 1920 g/mol. The van der Waals surface area contributed by atoms with E-state index in [1.165, 1.54) is 64.5 Å². The van der Waals surface area contributed by atoms with E-state index in [0.29, 0.717) is 56.4 Å². The molecule has 0 bridgehead atoms. The highest BCUT2D eigenvalue weighted by molar-refractivity contribution is 7.99. The summed E-state index contributed by atoms with van der Waals surface area (Å²) in [5.74, 6) is -16.0. The molecule has 39 nitrogen and oxygen atoms in total. The van der Waals surface area contributed by atoms with Crippen molar-refractivity contribution in [2.75, 3.05) is 67.3 Å². The molecule has 1 saturated heterocycles. The molecule has 8 rings (SSSR count). The van der Waals surface area contributed by atoms with Gasteiger partial charge in [-0.2, -0.15) is 60.5 Å². The Kier molecular flexibility index (Phi) is 42.2. The Morgan fingerprint density at radius 2 is 0.773 bits per heavy atom. The number of benzene rings is 4. The number of aromatic hydroxyl groups is 1. The molecule has 1 aliphatic heterocycles. The van der Waals surface area contributed by atoms with Crippen LogP contribution >= 0.6 is 60.5 Å². The van der Waals surface area contributed by atoms with Crippen LogP contribution in [0.2, 0.25) is 0 Å². The number of hydrogen-bond acceptors (Lipinski definition) is 25. The van der Waals surface area contributed by atoms with Crippen LogP contribution in [0.25, 0.3) is 32.7 Å². The number of thiol groups is 2. The number of aliphatic hydroxyl groups excluding tert-OH is 2. The molecule has 0 aliphatic carbocycles. The molecular weight excluding hydrogens is 1810 g/mol. The number of H-pyrrole nitrogens is 3. The third-order valence-electron chi connectivity index (χ3n) is 22.1. The van der Waals surface area contributed by atoms with Crippen molar-refractivity contribution in [2.24, 2.45) is 11.7 Å². The highest BCUT2D eigenvalue weighted by Crippen LogP contribution is 2.26. The summed E-state index contributed by atoms with van der Waals surface area (Å²) in [6.07, 6.45) is 8.58. The molecule has 44 heteroatoms. The molecule has 132 heavy (non-hydrogen) atoms. The lowest BCUT2D eigenvalue weighted by atomic mass is 9.99. The molecule has 4 aromatic carbocycles. The molecule has 0 saturated carbocycles. The normalized spacial score (nSPS) is 15.7. The average Bonchev–Trinajstić information content (AvgIpc) is 1.68. The number of aromatic amines is 3. The van der Waals surface area contributed by atoms with E-state index in [9.17, 15) is 92.7 Å². The summed E-state index contributed by atoms with van der Waals surface area (Å²) in [6.45, 7) is 2.50. The van der Waals surface area contributed by atoms with E-state index < -0.39 is 223 Å². The molecule has 3 aromatic heterocycles. The molecule has 0 spiro atoms. The van der Waals surface area contributed by atoms with Gasteiger partial charge in [0.25, 0.3) is 0 Å². The lowest BCUT2D eigenvalue weighted by Gasteiger charge is -2.30. The molecule has 1 fully saturated rings. The molecule has 4 heterocycles. The van der Waals surface area contributed by atoms with Gasteiger partial charge in [-0.15, -0.1) is 0 Å². The second-order valence-electron chi connectivity index (χ2n) is 32.3. The number of carboxylic acids is 2. The van der Waals surface area contributed by atoms with Crippen molar-refractivity contribution >= 4 is 188 Å². The van der Waals surface area contributed by atoms with Gasteiger partial charge in [0.2, 0.25) is 82.7 Å². The second kappa shape index (κ2) is 52.6. The van der Waals surface area contributed by atoms with Crippen molar-refractivity contribution in [3.05, 3.63) is 138 Å². The summed E-state index contributed by atoms with van der Waals surface area (Å²) in [6, 6.07) is 4.71. The van der Waals surface area contributed by atoms with Crippen LogP contribution in [0.15, 0.2) is 116 Å². The van der Waals surface area contributed by atoms with Crippen molar-refractivity contribution in [3.8, 4) is 5.75 Å². The van der Waals surface area contributed by atoms with Crippen LogP contribution in [-0.4, -0.2) is 298 Å². The Morgan fingerprint density at radius 3 is 1.20 bits per heavy atom. The number of amides is 14. The number of likely N-dealkylation sites (tertiary alicyclic amines) is 1. The van der Waals surface area contributed by atoms with Gasteiger partial charge in [0.1, 0.15) is 90.3 Å². The number of carboxylic acid groups (broad SMARTS) is 2. The van der Waals surface area contributed by atoms with E-state index in [1.807, 2.05) is 30.5 Å². The highest BCUT2D eigenvalue weighted by atomic mass is 32.2. The van der Waals surface area contributed by atoms with E-state index >= 15 is 9.59 Å². The molecule has 7 aromatic rings. The first-order valence-electron chi connectivity index (χ1n) is 42.9. The standard InChI is InChI=1S/C88H118N18O21S5/c1-46(2)34-64(79(117)99-65(35-48-21-23-52(109)24-22-48)80(118)104-70(44-128)85(123)101-67(38-51-41-92-59-19-12-9-16-55(51)59)82(120)103-68(42-107)83(121)93-47(3)88(126)127)98-81(119)66(37-50-40-91-58-18-11-8-15-54(50)58)100-75(113)60(25-26-73(110)111)95-84(122)69(43-108)102-77(115)63(29-33-132-6)97-86(124)72-20-13-30-106(72)87(125)71(45-129)105-78(116)62(28-32-131-5)96-76(114)61(27-31-130-4)94-74(112)56(89)36-49-39-90-57-17-10-7-14-53(49)57/h7-12,14-19,21-24,39-41,46-47,56,60-72,90-92,107-109,128-129H,13,20,25-38,42-45,89H2,1-6H3,(H,93,121)(H,94,112)(H,95,122)(H,96,114)(H,97,124)(H,98,119)(H,99,117)(H,100,113)(H,101,123)(H,102,115)(H,103,120)(H,104,118)(H,105,116)(H,110,111)(H,126,127)/t47-,56-,60-,61-,62-,63-,64-,65-,66-,67-,68-,69-,70-,71-,72-/m0/s1. The van der Waals surface area contributed by atoms with Gasteiger partial charge in [0, 0.05) is 95.0 Å². The Morgan fingerprint density at radius 1 is 0.424 bits per heavy atom. The first-order valence-corrected chi connectivity index (χ1v) is 48.4. The highest BCUT2D eigenvalue weighted by Gasteiger charge is 2.42. The molecule has 0 radical (unpaired) electrons. The maximum absolute atomic E-state index is 15.2. The lowest BCUT2D eigenvalue weighted by molar-refractivity contribution is -0.142. The van der Waals surface area contributed by atoms with Gasteiger partial charge in [-0.1, -0.05) is 80.6 Å². The second-order valence-corrected chi connectivity index (χ2v) is 36.0. The molecule has 1 aliphatic rings. The van der Waals surface area contributed by atoms with E-state index in [4.69, 9.17) is 5.73 Å². The smallest absolute Gasteiger partial charge is 0.325 e. The maximum atomic E-state index is 15.2. The minimum absolute atomic E-state index is 0.0299. The van der Waals surface area contributed by atoms with Crippen LogP contribution in [0.3, 0.4) is 0 Å². The molecule has 23 N–H and O–H groups in total. The molecule has 15 atom stereocenters. The fourth-order valence-corrected chi connectivity index (χ4v) is 16.8. The van der Waals surface area contributed by atoms with E-state index in [2.05, 4.69) is 109 Å². The molecule has 14 amide bonds. The Hall–Kier alpha value is -11.6. The number of aromatic nitrogens is 3. The minimum atomic E-state index is -1.90. The number of para-hydroxylation sites is 3. The van der Waals surface area contributed by atoms with Gasteiger partial charge in [-0.05, 0) is 153 Å². The number of nitrogens with two attached hydrogens (primary N) is 1. The molecule has 716 valence electrons. The van der Waals surface area contributed by atoms with Gasteiger partial charge in [0.05, 0.1) is 19.3 Å². The topological polar surface area (TPSA) is 607 Å². The van der Waals surface area contributed by atoms with Gasteiger partial charge < -0.3 is 120 Å². The van der Waals surface area contributed by atoms with Crippen molar-refractivity contribution in [2.45, 2.75) is 188 Å². The number of aliphatic hydroxyl groups is 2. The summed E-state index contributed by atoms with van der Waals surface area (Å²) in [5.41, 5.74) is 10.7. The number of thioether (sulfide) groups is 3. The van der Waals surface area contributed by atoms with Crippen LogP contribution in [-0.2, 0) is 102 Å². The van der Waals surface area contributed by atoms with Crippen LogP contribution in [0.5, 0.6) is 5.75 Å². The zero-order valence-electron chi connectivity index (χ0n) is 73.8. The van der Waals surface area contributed by atoms with Crippen molar-refractivity contribution in [1.82, 2.24) is 89.0 Å². The molecule has 0 unspecified atom stereocenters. The quantitative estimate of drug-likeness (QED) is 0.0220. The first kappa shape index (κ1) is 106. The maximum Gasteiger partial charge on any atom is 0.325 e. The van der Waals surface area contributed by atoms with Crippen LogP contribution in [0, 0.1) is 5.92 Å². The Balaban J connectivity index is 0.959. The van der Waals surface area contributed by atoms with Crippen molar-refractivity contribution in [3.63, 3.8) is 0 Å². The Labute approximate surface area is 785 Å². The number of aliphatic carboxylic acids is 2. The zero-order chi connectivity index (χ0) is 96.4. The summed E-state index contributed by atoms with van der Waals surface area (Å²) in [5, 5.41) is 86.4. The van der Waals surface area contributed by atoms with Crippen LogP contribution in [0.1, 0.15) is 94.4 Å². The van der Waals surface area contributed by atoms with E-state index in [-0.39, 0.29) is 81.6 Å². The third-order valence-corrected chi connectivity index (χ3v) is 24.7. The molecular formula is C88H118N18O21S5. The average molecular weight is 1920 g/mol. The van der Waals surface area contributed by atoms with Gasteiger partial charge >= 0.3 is 11.9 Å². The zero-order valence-corrected chi connectivity index (χ0v) is 78.0. The summed E-state index contributed by atoms with van der Waals surface area (Å²) < 4.78 is 0. The minimum Gasteiger partial charge on any atom is -0.508 e. The number of phenols is 1.